The highest BCUT2D eigenvalue weighted by Crippen LogP contribution is 2.21. The van der Waals surface area contributed by atoms with Crippen molar-refractivity contribution in [1.82, 2.24) is 9.97 Å². The smallest absolute Gasteiger partial charge is 0.225 e. The number of nitrogens with zero attached hydrogens (tertiary/aromatic N) is 4. The van der Waals surface area contributed by atoms with Gasteiger partial charge in [0.25, 0.3) is 0 Å². The molecule has 0 radical (unpaired) electrons. The molecule has 16 heavy (non-hydrogen) atoms. The number of hydrogen-bond acceptors (Lipinski definition) is 4. The molecule has 0 unspecified atom stereocenters. The summed E-state index contributed by atoms with van der Waals surface area (Å²) in [6.45, 7) is 4.55. The summed E-state index contributed by atoms with van der Waals surface area (Å²) in [7, 11) is 0. The second-order valence-electron chi connectivity index (χ2n) is 4.63. The van der Waals surface area contributed by atoms with Crippen molar-refractivity contribution in [2.75, 3.05) is 36.0 Å². The van der Waals surface area contributed by atoms with Crippen LogP contribution in [0.4, 0.5) is 11.6 Å². The van der Waals surface area contributed by atoms with Crippen LogP contribution in [0.2, 0.25) is 0 Å². The number of anilines is 2. The molecule has 2 fully saturated rings. The lowest BCUT2D eigenvalue weighted by Crippen LogP contribution is -2.22. The van der Waals surface area contributed by atoms with Crippen molar-refractivity contribution in [3.63, 3.8) is 0 Å². The molecule has 0 bridgehead atoms. The molecule has 0 spiro atoms. The molecule has 0 N–H and O–H groups in total. The summed E-state index contributed by atoms with van der Waals surface area (Å²) >= 11 is 0. The molecule has 3 heterocycles. The summed E-state index contributed by atoms with van der Waals surface area (Å²) in [5.74, 6) is 0.903. The van der Waals surface area contributed by atoms with E-state index in [-0.39, 0.29) is 0 Å². The van der Waals surface area contributed by atoms with Crippen LogP contribution in [0.5, 0.6) is 0 Å². The largest absolute Gasteiger partial charge is 0.369 e. The molecule has 3 rings (SSSR count). The van der Waals surface area contributed by atoms with Gasteiger partial charge in [-0.15, -0.1) is 0 Å². The Morgan fingerprint density at radius 3 is 1.81 bits per heavy atom. The molecule has 1 aromatic heterocycles. The van der Waals surface area contributed by atoms with Gasteiger partial charge in [-0.2, -0.15) is 0 Å². The Bertz CT molecular complexity index is 302. The molecule has 2 saturated heterocycles. The standard InChI is InChI=1S/C12H18N4/c1-2-6-15(5-1)11-9-13-12(14-10-11)16-7-3-4-8-16/h9-10H,1-8H2. The van der Waals surface area contributed by atoms with E-state index in [0.29, 0.717) is 0 Å². The highest BCUT2D eigenvalue weighted by Gasteiger charge is 2.16. The minimum atomic E-state index is 0.903. The van der Waals surface area contributed by atoms with E-state index in [2.05, 4.69) is 19.8 Å². The zero-order chi connectivity index (χ0) is 10.8. The van der Waals surface area contributed by atoms with E-state index in [1.165, 1.54) is 31.4 Å². The Morgan fingerprint density at radius 1 is 0.750 bits per heavy atom. The molecule has 1 aromatic rings. The third-order valence-electron chi connectivity index (χ3n) is 3.48. The van der Waals surface area contributed by atoms with Gasteiger partial charge in [0, 0.05) is 26.2 Å². The molecule has 0 atom stereocenters. The van der Waals surface area contributed by atoms with Crippen molar-refractivity contribution >= 4 is 11.6 Å². The molecule has 0 aromatic carbocycles. The highest BCUT2D eigenvalue weighted by atomic mass is 15.3. The number of rotatable bonds is 2. The molecule has 4 heteroatoms. The van der Waals surface area contributed by atoms with Crippen molar-refractivity contribution in [2.45, 2.75) is 25.7 Å². The van der Waals surface area contributed by atoms with Crippen LogP contribution in [0.3, 0.4) is 0 Å². The van der Waals surface area contributed by atoms with Crippen molar-refractivity contribution in [1.29, 1.82) is 0 Å². The molecular weight excluding hydrogens is 200 g/mol. The number of hydrogen-bond donors (Lipinski definition) is 0. The summed E-state index contributed by atoms with van der Waals surface area (Å²) in [6, 6.07) is 0. The summed E-state index contributed by atoms with van der Waals surface area (Å²) < 4.78 is 0. The van der Waals surface area contributed by atoms with Crippen molar-refractivity contribution in [2.24, 2.45) is 0 Å². The first-order valence-electron chi connectivity index (χ1n) is 6.25. The minimum absolute atomic E-state index is 0.903. The maximum Gasteiger partial charge on any atom is 0.225 e. The lowest BCUT2D eigenvalue weighted by atomic mass is 10.4. The Kier molecular flexibility index (Phi) is 2.64. The zero-order valence-electron chi connectivity index (χ0n) is 9.60. The Morgan fingerprint density at radius 2 is 1.25 bits per heavy atom. The van der Waals surface area contributed by atoms with Gasteiger partial charge in [-0.3, -0.25) is 0 Å². The highest BCUT2D eigenvalue weighted by molar-refractivity contribution is 5.46. The van der Waals surface area contributed by atoms with Crippen molar-refractivity contribution < 1.29 is 0 Å². The zero-order valence-corrected chi connectivity index (χ0v) is 9.60. The van der Waals surface area contributed by atoms with Crippen LogP contribution in [0.25, 0.3) is 0 Å². The third-order valence-corrected chi connectivity index (χ3v) is 3.48. The van der Waals surface area contributed by atoms with Crippen LogP contribution in [-0.2, 0) is 0 Å². The van der Waals surface area contributed by atoms with E-state index in [1.54, 1.807) is 0 Å². The van der Waals surface area contributed by atoms with Gasteiger partial charge in [0.15, 0.2) is 0 Å². The quantitative estimate of drug-likeness (QED) is 0.756. The van der Waals surface area contributed by atoms with Crippen LogP contribution in [0.1, 0.15) is 25.7 Å². The molecule has 4 nitrogen and oxygen atoms in total. The predicted molar refractivity (Wildman–Crippen MR) is 64.9 cm³/mol. The number of aromatic nitrogens is 2. The van der Waals surface area contributed by atoms with E-state index in [4.69, 9.17) is 0 Å². The second-order valence-corrected chi connectivity index (χ2v) is 4.63. The van der Waals surface area contributed by atoms with Gasteiger partial charge in [-0.1, -0.05) is 0 Å². The van der Waals surface area contributed by atoms with Gasteiger partial charge >= 0.3 is 0 Å². The van der Waals surface area contributed by atoms with Gasteiger partial charge in [-0.05, 0) is 25.7 Å². The van der Waals surface area contributed by atoms with E-state index >= 15 is 0 Å². The first-order valence-corrected chi connectivity index (χ1v) is 6.25. The van der Waals surface area contributed by atoms with Crippen LogP contribution in [0.15, 0.2) is 12.4 Å². The molecule has 2 aliphatic rings. The average Bonchev–Trinajstić information content (AvgIpc) is 3.03. The molecule has 2 aliphatic heterocycles. The molecule has 0 saturated carbocycles. The van der Waals surface area contributed by atoms with E-state index in [9.17, 15) is 0 Å². The predicted octanol–water partition coefficient (Wildman–Crippen LogP) is 1.68. The summed E-state index contributed by atoms with van der Waals surface area (Å²) in [5, 5.41) is 0. The van der Waals surface area contributed by atoms with Gasteiger partial charge in [0.2, 0.25) is 5.95 Å². The van der Waals surface area contributed by atoms with Gasteiger partial charge < -0.3 is 9.80 Å². The topological polar surface area (TPSA) is 32.3 Å². The molecule has 0 aliphatic carbocycles. The Hall–Kier alpha value is -1.32. The molecular formula is C12H18N4. The lowest BCUT2D eigenvalue weighted by Gasteiger charge is -2.19. The first-order chi connectivity index (χ1) is 7.93. The minimum Gasteiger partial charge on any atom is -0.369 e. The van der Waals surface area contributed by atoms with Crippen LogP contribution < -0.4 is 9.80 Å². The van der Waals surface area contributed by atoms with Crippen molar-refractivity contribution in [3.8, 4) is 0 Å². The van der Waals surface area contributed by atoms with Crippen molar-refractivity contribution in [3.05, 3.63) is 12.4 Å². The monoisotopic (exact) mass is 218 g/mol. The normalized spacial score (nSPS) is 20.8. The van der Waals surface area contributed by atoms with Crippen LogP contribution in [-0.4, -0.2) is 36.1 Å². The van der Waals surface area contributed by atoms with Crippen LogP contribution >= 0.6 is 0 Å². The van der Waals surface area contributed by atoms with E-state index in [0.717, 1.165) is 32.1 Å². The fourth-order valence-electron chi connectivity index (χ4n) is 2.53. The fourth-order valence-corrected chi connectivity index (χ4v) is 2.53. The van der Waals surface area contributed by atoms with E-state index < -0.39 is 0 Å². The molecule has 0 amide bonds. The van der Waals surface area contributed by atoms with Gasteiger partial charge in [0.05, 0.1) is 18.1 Å². The molecule has 86 valence electrons. The van der Waals surface area contributed by atoms with Gasteiger partial charge in [0.1, 0.15) is 0 Å². The Balaban J connectivity index is 1.73. The summed E-state index contributed by atoms with van der Waals surface area (Å²) in [4.78, 5) is 13.6. The fraction of sp³-hybridized carbons (Fsp3) is 0.667. The third kappa shape index (κ3) is 1.84. The Labute approximate surface area is 96.3 Å². The lowest BCUT2D eigenvalue weighted by molar-refractivity contribution is 0.885. The van der Waals surface area contributed by atoms with Crippen LogP contribution in [0, 0.1) is 0 Å². The SMILES string of the molecule is c1nc(N2CCCC2)ncc1N1CCCC1. The first kappa shape index (κ1) is 9.87. The van der Waals surface area contributed by atoms with Gasteiger partial charge in [-0.25, -0.2) is 9.97 Å². The van der Waals surface area contributed by atoms with E-state index in [1.807, 2.05) is 12.4 Å². The maximum atomic E-state index is 4.48. The maximum absolute atomic E-state index is 4.48. The summed E-state index contributed by atoms with van der Waals surface area (Å²) in [6.07, 6.45) is 9.11. The second kappa shape index (κ2) is 4.28. The average molecular weight is 218 g/mol. The summed E-state index contributed by atoms with van der Waals surface area (Å²) in [5.41, 5.74) is 1.18.